The van der Waals surface area contributed by atoms with Crippen LogP contribution >= 0.6 is 0 Å². The highest BCUT2D eigenvalue weighted by molar-refractivity contribution is 5.86. The summed E-state index contributed by atoms with van der Waals surface area (Å²) < 4.78 is 10.7. The van der Waals surface area contributed by atoms with Crippen LogP contribution in [0.4, 0.5) is 4.79 Å². The van der Waals surface area contributed by atoms with Crippen molar-refractivity contribution in [3.8, 4) is 11.1 Å². The normalized spacial score (nSPS) is 19.7. The van der Waals surface area contributed by atoms with Gasteiger partial charge in [0.15, 0.2) is 0 Å². The van der Waals surface area contributed by atoms with E-state index in [2.05, 4.69) is 22.8 Å². The lowest BCUT2D eigenvalue weighted by molar-refractivity contribution is -0.141. The minimum Gasteiger partial charge on any atom is -0.481 e. The number of rotatable bonds is 9. The van der Waals surface area contributed by atoms with Crippen molar-refractivity contribution in [1.82, 2.24) is 10.6 Å². The van der Waals surface area contributed by atoms with Gasteiger partial charge in [-0.1, -0.05) is 48.5 Å². The van der Waals surface area contributed by atoms with Gasteiger partial charge in [-0.25, -0.2) is 4.79 Å². The summed E-state index contributed by atoms with van der Waals surface area (Å²) in [4.78, 5) is 36.7. The van der Waals surface area contributed by atoms with Crippen molar-refractivity contribution < 1.29 is 29.0 Å². The molecule has 180 valence electrons. The van der Waals surface area contributed by atoms with Crippen molar-refractivity contribution >= 4 is 18.0 Å². The SMILES string of the molecule is COCCC(NC(=O)OCC1c2ccccc2-c2ccccc21)C(=O)N[C@@H]1CC[C@H](C(=O)O)C1. The molecule has 2 aliphatic rings. The molecule has 0 radical (unpaired) electrons. The van der Waals surface area contributed by atoms with E-state index in [1.807, 2.05) is 36.4 Å². The number of carbonyl (C=O) groups excluding carboxylic acids is 2. The zero-order valence-corrected chi connectivity index (χ0v) is 19.2. The molecule has 2 aromatic carbocycles. The van der Waals surface area contributed by atoms with Gasteiger partial charge in [0.25, 0.3) is 0 Å². The molecule has 0 spiro atoms. The first kappa shape index (κ1) is 23.8. The molecule has 2 aromatic rings. The first-order valence-corrected chi connectivity index (χ1v) is 11.6. The predicted molar refractivity (Wildman–Crippen MR) is 125 cm³/mol. The van der Waals surface area contributed by atoms with Crippen molar-refractivity contribution in [2.45, 2.75) is 43.7 Å². The smallest absolute Gasteiger partial charge is 0.407 e. The lowest BCUT2D eigenvalue weighted by Crippen LogP contribution is -2.50. The fraction of sp³-hybridized carbons (Fsp3) is 0.423. The maximum Gasteiger partial charge on any atom is 0.407 e. The molecule has 0 aliphatic heterocycles. The zero-order valence-electron chi connectivity index (χ0n) is 19.2. The Hall–Kier alpha value is -3.39. The quantitative estimate of drug-likeness (QED) is 0.523. The molecule has 8 heteroatoms. The second-order valence-corrected chi connectivity index (χ2v) is 8.86. The van der Waals surface area contributed by atoms with Crippen LogP contribution in [-0.4, -0.2) is 55.5 Å². The van der Waals surface area contributed by atoms with Crippen LogP contribution in [0.3, 0.4) is 0 Å². The fourth-order valence-electron chi connectivity index (χ4n) is 4.93. The van der Waals surface area contributed by atoms with Crippen LogP contribution in [0, 0.1) is 5.92 Å². The van der Waals surface area contributed by atoms with Gasteiger partial charge in [0.2, 0.25) is 5.91 Å². The van der Waals surface area contributed by atoms with Crippen LogP contribution < -0.4 is 10.6 Å². The number of aliphatic carboxylic acids is 1. The topological polar surface area (TPSA) is 114 Å². The average Bonchev–Trinajstić information content (AvgIpc) is 3.43. The summed E-state index contributed by atoms with van der Waals surface area (Å²) in [5.74, 6) is -1.72. The number of amides is 2. The number of nitrogens with one attached hydrogen (secondary N) is 2. The summed E-state index contributed by atoms with van der Waals surface area (Å²) in [6.45, 7) is 0.436. The van der Waals surface area contributed by atoms with Gasteiger partial charge in [0, 0.05) is 32.1 Å². The Morgan fingerprint density at radius 1 is 1.03 bits per heavy atom. The molecule has 1 unspecified atom stereocenters. The number of carbonyl (C=O) groups is 3. The Labute approximate surface area is 198 Å². The minimum atomic E-state index is -0.843. The molecule has 0 bridgehead atoms. The van der Waals surface area contributed by atoms with Crippen molar-refractivity contribution in [2.24, 2.45) is 5.92 Å². The fourth-order valence-corrected chi connectivity index (χ4v) is 4.93. The molecule has 3 atom stereocenters. The standard InChI is InChI=1S/C26H30N2O6/c1-33-13-12-23(24(29)27-17-11-10-16(14-17)25(30)31)28-26(32)34-15-22-20-8-4-2-6-18(20)19-7-3-5-9-21(19)22/h2-9,16-17,22-23H,10-15H2,1H3,(H,27,29)(H,28,32)(H,30,31)/t16-,17+,23?/m0/s1. The van der Waals surface area contributed by atoms with Gasteiger partial charge in [-0.15, -0.1) is 0 Å². The molecular formula is C26H30N2O6. The van der Waals surface area contributed by atoms with Crippen LogP contribution in [0.15, 0.2) is 48.5 Å². The number of hydrogen-bond donors (Lipinski definition) is 3. The molecule has 4 rings (SSSR count). The Kier molecular flexibility index (Phi) is 7.47. The van der Waals surface area contributed by atoms with Crippen LogP contribution in [0.2, 0.25) is 0 Å². The van der Waals surface area contributed by atoms with Gasteiger partial charge >= 0.3 is 12.1 Å². The summed E-state index contributed by atoms with van der Waals surface area (Å²) in [6.07, 6.45) is 1.13. The molecule has 2 amide bonds. The molecule has 0 aromatic heterocycles. The number of fused-ring (bicyclic) bond motifs is 3. The monoisotopic (exact) mass is 466 g/mol. The lowest BCUT2D eigenvalue weighted by atomic mass is 9.98. The summed E-state index contributed by atoms with van der Waals surface area (Å²) in [5.41, 5.74) is 4.50. The van der Waals surface area contributed by atoms with E-state index in [9.17, 15) is 19.5 Å². The number of alkyl carbamates (subject to hydrolysis) is 1. The number of carboxylic acid groups (broad SMARTS) is 1. The van der Waals surface area contributed by atoms with Crippen molar-refractivity contribution in [2.75, 3.05) is 20.3 Å². The highest BCUT2D eigenvalue weighted by atomic mass is 16.5. The summed E-state index contributed by atoms with van der Waals surface area (Å²) in [7, 11) is 1.52. The molecule has 1 saturated carbocycles. The van der Waals surface area contributed by atoms with E-state index in [0.717, 1.165) is 22.3 Å². The van der Waals surface area contributed by atoms with Crippen molar-refractivity contribution in [1.29, 1.82) is 0 Å². The van der Waals surface area contributed by atoms with E-state index in [1.165, 1.54) is 7.11 Å². The molecule has 8 nitrogen and oxygen atoms in total. The van der Waals surface area contributed by atoms with E-state index in [1.54, 1.807) is 0 Å². The maximum atomic E-state index is 12.8. The van der Waals surface area contributed by atoms with E-state index in [-0.39, 0.29) is 37.5 Å². The number of ether oxygens (including phenoxy) is 2. The molecule has 34 heavy (non-hydrogen) atoms. The van der Waals surface area contributed by atoms with Crippen LogP contribution in [0.25, 0.3) is 11.1 Å². The summed E-state index contributed by atoms with van der Waals surface area (Å²) in [5, 5.41) is 14.7. The molecule has 0 saturated heterocycles. The van der Waals surface area contributed by atoms with Crippen LogP contribution in [0.5, 0.6) is 0 Å². The summed E-state index contributed by atoms with van der Waals surface area (Å²) in [6, 6.07) is 15.1. The van der Waals surface area contributed by atoms with Crippen LogP contribution in [-0.2, 0) is 19.1 Å². The minimum absolute atomic E-state index is 0.0733. The molecule has 2 aliphatic carbocycles. The first-order chi connectivity index (χ1) is 16.5. The van der Waals surface area contributed by atoms with E-state index in [0.29, 0.717) is 19.3 Å². The third kappa shape index (κ3) is 5.22. The van der Waals surface area contributed by atoms with Gasteiger partial charge in [-0.2, -0.15) is 0 Å². The van der Waals surface area contributed by atoms with Gasteiger partial charge in [-0.05, 0) is 41.5 Å². The third-order valence-electron chi connectivity index (χ3n) is 6.69. The summed E-state index contributed by atoms with van der Waals surface area (Å²) >= 11 is 0. The van der Waals surface area contributed by atoms with E-state index >= 15 is 0 Å². The highest BCUT2D eigenvalue weighted by Gasteiger charge is 2.33. The molecular weight excluding hydrogens is 436 g/mol. The number of carboxylic acids is 1. The van der Waals surface area contributed by atoms with Gasteiger partial charge in [-0.3, -0.25) is 9.59 Å². The van der Waals surface area contributed by atoms with E-state index in [4.69, 9.17) is 9.47 Å². The van der Waals surface area contributed by atoms with Gasteiger partial charge in [0.1, 0.15) is 12.6 Å². The Morgan fingerprint density at radius 2 is 1.68 bits per heavy atom. The second-order valence-electron chi connectivity index (χ2n) is 8.86. The molecule has 3 N–H and O–H groups in total. The number of hydrogen-bond acceptors (Lipinski definition) is 5. The highest BCUT2D eigenvalue weighted by Crippen LogP contribution is 2.44. The van der Waals surface area contributed by atoms with Gasteiger partial charge in [0.05, 0.1) is 5.92 Å². The average molecular weight is 467 g/mol. The van der Waals surface area contributed by atoms with Gasteiger partial charge < -0.3 is 25.2 Å². The second kappa shape index (κ2) is 10.7. The lowest BCUT2D eigenvalue weighted by Gasteiger charge is -2.21. The van der Waals surface area contributed by atoms with Crippen LogP contribution in [0.1, 0.15) is 42.7 Å². The molecule has 0 heterocycles. The Morgan fingerprint density at radius 3 is 2.26 bits per heavy atom. The predicted octanol–water partition coefficient (Wildman–Crippen LogP) is 3.30. The maximum absolute atomic E-state index is 12.8. The molecule has 1 fully saturated rings. The van der Waals surface area contributed by atoms with Crippen molar-refractivity contribution in [3.05, 3.63) is 59.7 Å². The Balaban J connectivity index is 1.36. The first-order valence-electron chi connectivity index (χ1n) is 11.6. The van der Waals surface area contributed by atoms with E-state index < -0.39 is 24.0 Å². The number of methoxy groups -OCH3 is 1. The Bertz CT molecular complexity index is 1010. The largest absolute Gasteiger partial charge is 0.481 e. The zero-order chi connectivity index (χ0) is 24.1. The van der Waals surface area contributed by atoms with Crippen molar-refractivity contribution in [3.63, 3.8) is 0 Å². The third-order valence-corrected chi connectivity index (χ3v) is 6.69. The number of benzene rings is 2.